The third kappa shape index (κ3) is 5.53. The van der Waals surface area contributed by atoms with Crippen molar-refractivity contribution in [2.45, 2.75) is 30.4 Å². The van der Waals surface area contributed by atoms with Crippen LogP contribution in [0.4, 0.5) is 0 Å². The number of nitrogens with one attached hydrogen (secondary N) is 1. The molecule has 0 spiro atoms. The van der Waals surface area contributed by atoms with E-state index in [-0.39, 0.29) is 16.9 Å². The van der Waals surface area contributed by atoms with Crippen LogP contribution < -0.4 is 5.32 Å². The fourth-order valence-electron chi connectivity index (χ4n) is 3.24. The number of amides is 1. The summed E-state index contributed by atoms with van der Waals surface area (Å²) < 4.78 is 33.4. The van der Waals surface area contributed by atoms with Crippen molar-refractivity contribution in [3.05, 3.63) is 78.4 Å². The highest BCUT2D eigenvalue weighted by Gasteiger charge is 2.30. The van der Waals surface area contributed by atoms with Crippen LogP contribution in [0, 0.1) is 0 Å². The highest BCUT2D eigenvalue weighted by atomic mass is 32.2. The Bertz CT molecular complexity index is 936. The molecule has 0 aromatic heterocycles. The Morgan fingerprint density at radius 2 is 1.86 bits per heavy atom. The second-order valence-electron chi connectivity index (χ2n) is 6.93. The van der Waals surface area contributed by atoms with E-state index in [1.807, 2.05) is 30.3 Å². The first-order valence-electron chi connectivity index (χ1n) is 9.65. The predicted molar refractivity (Wildman–Crippen MR) is 112 cm³/mol. The van der Waals surface area contributed by atoms with Gasteiger partial charge in [-0.25, -0.2) is 8.42 Å². The molecule has 0 radical (unpaired) electrons. The van der Waals surface area contributed by atoms with Crippen LogP contribution in [0.15, 0.2) is 72.1 Å². The fraction of sp³-hybridized carbons (Fsp3) is 0.318. The first-order chi connectivity index (χ1) is 14.0. The van der Waals surface area contributed by atoms with Gasteiger partial charge >= 0.3 is 0 Å². The number of sulfonamides is 1. The van der Waals surface area contributed by atoms with Crippen LogP contribution in [0.25, 0.3) is 0 Å². The summed E-state index contributed by atoms with van der Waals surface area (Å²) in [5.41, 5.74) is 1.42. The molecule has 7 heteroatoms. The molecule has 0 unspecified atom stereocenters. The smallest absolute Gasteiger partial charge is 0.251 e. The highest BCUT2D eigenvalue weighted by molar-refractivity contribution is 7.89. The molecule has 6 nitrogen and oxygen atoms in total. The van der Waals surface area contributed by atoms with Crippen molar-refractivity contribution in [3.63, 3.8) is 0 Å². The molecule has 1 fully saturated rings. The van der Waals surface area contributed by atoms with Gasteiger partial charge in [0.1, 0.15) is 0 Å². The third-order valence-electron chi connectivity index (χ3n) is 4.87. The zero-order valence-corrected chi connectivity index (χ0v) is 17.1. The maximum absolute atomic E-state index is 13.0. The van der Waals surface area contributed by atoms with Gasteiger partial charge in [0.15, 0.2) is 0 Å². The largest absolute Gasteiger partial charge is 0.373 e. The van der Waals surface area contributed by atoms with Crippen molar-refractivity contribution < 1.29 is 17.9 Å². The fourth-order valence-corrected chi connectivity index (χ4v) is 4.76. The minimum absolute atomic E-state index is 0.0395. The lowest BCUT2D eigenvalue weighted by Gasteiger charge is -2.31. The van der Waals surface area contributed by atoms with Gasteiger partial charge in [0, 0.05) is 25.2 Å². The topological polar surface area (TPSA) is 75.7 Å². The van der Waals surface area contributed by atoms with Crippen molar-refractivity contribution >= 4 is 15.9 Å². The van der Waals surface area contributed by atoms with Gasteiger partial charge in [-0.2, -0.15) is 4.31 Å². The molecule has 1 heterocycles. The monoisotopic (exact) mass is 414 g/mol. The van der Waals surface area contributed by atoms with Crippen molar-refractivity contribution in [2.24, 2.45) is 0 Å². The van der Waals surface area contributed by atoms with Crippen LogP contribution in [0.3, 0.4) is 0 Å². The van der Waals surface area contributed by atoms with E-state index in [4.69, 9.17) is 4.74 Å². The Morgan fingerprint density at radius 1 is 1.14 bits per heavy atom. The first kappa shape index (κ1) is 21.2. The molecule has 2 aromatic carbocycles. The molecule has 1 aliphatic rings. The summed E-state index contributed by atoms with van der Waals surface area (Å²) in [6.07, 6.45) is 2.90. The Kier molecular flexibility index (Phi) is 7.19. The first-order valence-corrected chi connectivity index (χ1v) is 11.1. The van der Waals surface area contributed by atoms with E-state index in [1.54, 1.807) is 18.2 Å². The van der Waals surface area contributed by atoms with Crippen LogP contribution in [-0.4, -0.2) is 44.4 Å². The van der Waals surface area contributed by atoms with Gasteiger partial charge in [0.25, 0.3) is 5.91 Å². The molecule has 2 aromatic rings. The van der Waals surface area contributed by atoms with Gasteiger partial charge in [0.05, 0.1) is 17.6 Å². The number of nitrogens with zero attached hydrogens (tertiary/aromatic N) is 1. The van der Waals surface area contributed by atoms with Crippen LogP contribution >= 0.6 is 0 Å². The molecule has 0 bridgehead atoms. The molecule has 1 saturated heterocycles. The molecule has 3 rings (SSSR count). The number of rotatable bonds is 8. The van der Waals surface area contributed by atoms with Gasteiger partial charge in [-0.05, 0) is 36.6 Å². The van der Waals surface area contributed by atoms with Gasteiger partial charge in [0.2, 0.25) is 10.0 Å². The molecule has 1 aliphatic heterocycles. The second kappa shape index (κ2) is 9.82. The van der Waals surface area contributed by atoms with Crippen molar-refractivity contribution in [3.8, 4) is 0 Å². The lowest BCUT2D eigenvalue weighted by atomic mass is 10.1. The zero-order chi connectivity index (χ0) is 20.7. The quantitative estimate of drug-likeness (QED) is 0.674. The predicted octanol–water partition coefficient (Wildman–Crippen LogP) is 2.97. The van der Waals surface area contributed by atoms with Crippen molar-refractivity contribution in [2.75, 3.05) is 19.6 Å². The molecule has 0 atom stereocenters. The molecule has 154 valence electrons. The SMILES string of the molecule is C=CCNC(=O)c1cccc(S(=O)(=O)N2CCC(OCc3ccccc3)CC2)c1. The van der Waals surface area contributed by atoms with Gasteiger partial charge < -0.3 is 10.1 Å². The van der Waals surface area contributed by atoms with E-state index in [9.17, 15) is 13.2 Å². The Balaban J connectivity index is 1.59. The number of carbonyl (C=O) groups is 1. The average molecular weight is 415 g/mol. The summed E-state index contributed by atoms with van der Waals surface area (Å²) in [5.74, 6) is -0.324. The third-order valence-corrected chi connectivity index (χ3v) is 6.77. The Hall–Kier alpha value is -2.48. The minimum atomic E-state index is -3.65. The van der Waals surface area contributed by atoms with Crippen molar-refractivity contribution in [1.29, 1.82) is 0 Å². The maximum atomic E-state index is 13.0. The molecular weight excluding hydrogens is 388 g/mol. The lowest BCUT2D eigenvalue weighted by Crippen LogP contribution is -2.40. The average Bonchev–Trinajstić information content (AvgIpc) is 2.77. The molecule has 0 aliphatic carbocycles. The van der Waals surface area contributed by atoms with E-state index in [0.717, 1.165) is 5.56 Å². The number of benzene rings is 2. The second-order valence-corrected chi connectivity index (χ2v) is 8.86. The number of carbonyl (C=O) groups excluding carboxylic acids is 1. The standard InChI is InChI=1S/C22H26N2O4S/c1-2-13-23-22(25)19-9-6-10-21(16-19)29(26,27)24-14-11-20(12-15-24)28-17-18-7-4-3-5-8-18/h2-10,16,20H,1,11-15,17H2,(H,23,25). The van der Waals surface area contributed by atoms with E-state index < -0.39 is 10.0 Å². The Morgan fingerprint density at radius 3 is 2.55 bits per heavy atom. The molecule has 0 saturated carbocycles. The minimum Gasteiger partial charge on any atom is -0.373 e. The maximum Gasteiger partial charge on any atom is 0.251 e. The lowest BCUT2D eigenvalue weighted by molar-refractivity contribution is 0.0102. The molecular formula is C22H26N2O4S. The van der Waals surface area contributed by atoms with E-state index >= 15 is 0 Å². The summed E-state index contributed by atoms with van der Waals surface area (Å²) in [5, 5.41) is 2.66. The number of hydrogen-bond donors (Lipinski definition) is 1. The highest BCUT2D eigenvalue weighted by Crippen LogP contribution is 2.23. The van der Waals surface area contributed by atoms with Crippen LogP contribution in [0.2, 0.25) is 0 Å². The molecule has 1 N–H and O–H groups in total. The normalized spacial score (nSPS) is 15.7. The van der Waals surface area contributed by atoms with Gasteiger partial charge in [-0.1, -0.05) is 42.5 Å². The summed E-state index contributed by atoms with van der Waals surface area (Å²) in [6.45, 7) is 5.20. The number of hydrogen-bond acceptors (Lipinski definition) is 4. The van der Waals surface area contributed by atoms with Crippen LogP contribution in [0.1, 0.15) is 28.8 Å². The molecule has 1 amide bonds. The van der Waals surface area contributed by atoms with E-state index in [1.165, 1.54) is 16.4 Å². The van der Waals surface area contributed by atoms with E-state index in [2.05, 4.69) is 11.9 Å². The van der Waals surface area contributed by atoms with Gasteiger partial charge in [-0.15, -0.1) is 6.58 Å². The summed E-state index contributed by atoms with van der Waals surface area (Å²) in [6, 6.07) is 16.1. The summed E-state index contributed by atoms with van der Waals surface area (Å²) in [7, 11) is -3.65. The van der Waals surface area contributed by atoms with Gasteiger partial charge in [-0.3, -0.25) is 4.79 Å². The summed E-state index contributed by atoms with van der Waals surface area (Å²) >= 11 is 0. The Labute approximate surface area is 172 Å². The van der Waals surface area contributed by atoms with Crippen LogP contribution in [0.5, 0.6) is 0 Å². The van der Waals surface area contributed by atoms with E-state index in [0.29, 0.717) is 44.6 Å². The number of ether oxygens (including phenoxy) is 1. The molecule has 29 heavy (non-hydrogen) atoms. The van der Waals surface area contributed by atoms with Crippen LogP contribution in [-0.2, 0) is 21.4 Å². The van der Waals surface area contributed by atoms with Crippen molar-refractivity contribution in [1.82, 2.24) is 9.62 Å². The summed E-state index contributed by atoms with van der Waals surface area (Å²) in [4.78, 5) is 12.2. The number of piperidine rings is 1. The zero-order valence-electron chi connectivity index (χ0n) is 16.3.